The second kappa shape index (κ2) is 11.8. The molecule has 0 heterocycles. The van der Waals surface area contributed by atoms with E-state index >= 15 is 0 Å². The van der Waals surface area contributed by atoms with E-state index < -0.39 is 6.04 Å². The standard InChI is InChI=1S/C16H21NO4.ClH/c1-3-11-20-15(18)10-9-14(17-2)16(19)21-12-13-7-5-4-6-8-13;/h3-8,14,17H,1,9-12H2,2H3;1H/t14-;/m0./s1. The summed E-state index contributed by atoms with van der Waals surface area (Å²) < 4.78 is 10.1. The van der Waals surface area contributed by atoms with E-state index in [0.717, 1.165) is 5.56 Å². The Morgan fingerprint density at radius 1 is 1.27 bits per heavy atom. The highest BCUT2D eigenvalue weighted by Gasteiger charge is 2.19. The van der Waals surface area contributed by atoms with Crippen LogP contribution in [-0.4, -0.2) is 31.6 Å². The minimum absolute atomic E-state index is 0. The number of likely N-dealkylation sites (N-methyl/N-ethyl adjacent to an activating group) is 1. The summed E-state index contributed by atoms with van der Waals surface area (Å²) in [5, 5.41) is 2.85. The number of rotatable bonds is 9. The van der Waals surface area contributed by atoms with E-state index in [2.05, 4.69) is 11.9 Å². The van der Waals surface area contributed by atoms with Gasteiger partial charge in [-0.25, -0.2) is 0 Å². The molecule has 1 rings (SSSR count). The van der Waals surface area contributed by atoms with Crippen molar-refractivity contribution in [3.63, 3.8) is 0 Å². The molecule has 6 heteroatoms. The lowest BCUT2D eigenvalue weighted by Gasteiger charge is -2.14. The van der Waals surface area contributed by atoms with E-state index in [1.807, 2.05) is 30.3 Å². The number of carbonyl (C=O) groups is 2. The van der Waals surface area contributed by atoms with Gasteiger partial charge in [-0.15, -0.1) is 12.4 Å². The second-order valence-electron chi connectivity index (χ2n) is 4.44. The lowest BCUT2D eigenvalue weighted by atomic mass is 10.1. The zero-order valence-corrected chi connectivity index (χ0v) is 13.4. The fourth-order valence-corrected chi connectivity index (χ4v) is 1.70. The van der Waals surface area contributed by atoms with Gasteiger partial charge in [0.1, 0.15) is 19.3 Å². The van der Waals surface area contributed by atoms with Crippen molar-refractivity contribution in [2.24, 2.45) is 0 Å². The van der Waals surface area contributed by atoms with Gasteiger partial charge in [-0.3, -0.25) is 9.59 Å². The third-order valence-electron chi connectivity index (χ3n) is 2.86. The number of nitrogens with one attached hydrogen (secondary N) is 1. The van der Waals surface area contributed by atoms with Gasteiger partial charge in [0.05, 0.1) is 0 Å². The summed E-state index contributed by atoms with van der Waals surface area (Å²) >= 11 is 0. The molecule has 1 N–H and O–H groups in total. The second-order valence-corrected chi connectivity index (χ2v) is 4.44. The molecule has 0 aromatic heterocycles. The van der Waals surface area contributed by atoms with Crippen LogP contribution in [0.1, 0.15) is 18.4 Å². The summed E-state index contributed by atoms with van der Waals surface area (Å²) in [4.78, 5) is 23.3. The van der Waals surface area contributed by atoms with Crippen LogP contribution in [0.25, 0.3) is 0 Å². The number of hydrogen-bond acceptors (Lipinski definition) is 5. The molecule has 5 nitrogen and oxygen atoms in total. The van der Waals surface area contributed by atoms with Crippen molar-refractivity contribution >= 4 is 24.3 Å². The first-order valence-electron chi connectivity index (χ1n) is 6.81. The Balaban J connectivity index is 0.00000441. The molecule has 1 aromatic rings. The molecule has 122 valence electrons. The summed E-state index contributed by atoms with van der Waals surface area (Å²) in [7, 11) is 1.66. The van der Waals surface area contributed by atoms with Crippen molar-refractivity contribution in [2.75, 3.05) is 13.7 Å². The maximum atomic E-state index is 11.9. The normalized spacial score (nSPS) is 11.0. The number of esters is 2. The molecular formula is C16H22ClNO4. The van der Waals surface area contributed by atoms with Gasteiger partial charge >= 0.3 is 11.9 Å². The van der Waals surface area contributed by atoms with Gasteiger partial charge in [0.2, 0.25) is 0 Å². The van der Waals surface area contributed by atoms with Gasteiger partial charge in [0.15, 0.2) is 0 Å². The Hall–Kier alpha value is -1.85. The first-order chi connectivity index (χ1) is 10.2. The first-order valence-corrected chi connectivity index (χ1v) is 6.81. The molecule has 0 aliphatic heterocycles. The monoisotopic (exact) mass is 327 g/mol. The Bertz CT molecular complexity index is 464. The Morgan fingerprint density at radius 3 is 2.55 bits per heavy atom. The predicted molar refractivity (Wildman–Crippen MR) is 86.7 cm³/mol. The third-order valence-corrected chi connectivity index (χ3v) is 2.86. The summed E-state index contributed by atoms with van der Waals surface area (Å²) in [6, 6.07) is 8.91. The fourth-order valence-electron chi connectivity index (χ4n) is 1.70. The summed E-state index contributed by atoms with van der Waals surface area (Å²) in [6.45, 7) is 3.86. The summed E-state index contributed by atoms with van der Waals surface area (Å²) in [6.07, 6.45) is 1.99. The molecule has 0 saturated heterocycles. The van der Waals surface area contributed by atoms with Crippen molar-refractivity contribution in [1.29, 1.82) is 0 Å². The van der Waals surface area contributed by atoms with Gasteiger partial charge in [0, 0.05) is 6.42 Å². The molecule has 1 aromatic carbocycles. The lowest BCUT2D eigenvalue weighted by molar-refractivity contribution is -0.148. The van der Waals surface area contributed by atoms with E-state index in [9.17, 15) is 9.59 Å². The average molecular weight is 328 g/mol. The van der Waals surface area contributed by atoms with Crippen LogP contribution in [0.15, 0.2) is 43.0 Å². The van der Waals surface area contributed by atoms with Crippen molar-refractivity contribution < 1.29 is 19.1 Å². The lowest BCUT2D eigenvalue weighted by Crippen LogP contribution is -2.36. The maximum Gasteiger partial charge on any atom is 0.323 e. The number of halogens is 1. The highest BCUT2D eigenvalue weighted by atomic mass is 35.5. The largest absolute Gasteiger partial charge is 0.461 e. The van der Waals surface area contributed by atoms with E-state index in [1.54, 1.807) is 7.05 Å². The van der Waals surface area contributed by atoms with E-state index in [1.165, 1.54) is 6.08 Å². The Morgan fingerprint density at radius 2 is 1.95 bits per heavy atom. The van der Waals surface area contributed by atoms with Crippen LogP contribution in [0.3, 0.4) is 0 Å². The van der Waals surface area contributed by atoms with E-state index in [0.29, 0.717) is 6.42 Å². The fraction of sp³-hybridized carbons (Fsp3) is 0.375. The van der Waals surface area contributed by atoms with Crippen molar-refractivity contribution in [3.8, 4) is 0 Å². The molecule has 0 spiro atoms. The van der Waals surface area contributed by atoms with Gasteiger partial charge in [-0.1, -0.05) is 43.0 Å². The van der Waals surface area contributed by atoms with Gasteiger partial charge in [-0.2, -0.15) is 0 Å². The van der Waals surface area contributed by atoms with Crippen LogP contribution in [-0.2, 0) is 25.7 Å². The molecule has 0 bridgehead atoms. The highest BCUT2D eigenvalue weighted by Crippen LogP contribution is 2.05. The van der Waals surface area contributed by atoms with E-state index in [-0.39, 0.29) is 44.0 Å². The van der Waals surface area contributed by atoms with Crippen molar-refractivity contribution in [3.05, 3.63) is 48.6 Å². The minimum atomic E-state index is -0.523. The topological polar surface area (TPSA) is 64.6 Å². The van der Waals surface area contributed by atoms with E-state index in [4.69, 9.17) is 9.47 Å². The molecule has 1 atom stereocenters. The predicted octanol–water partition coefficient (Wildman–Crippen LogP) is 2.25. The molecule has 0 saturated carbocycles. The number of ether oxygens (including phenoxy) is 2. The van der Waals surface area contributed by atoms with Crippen LogP contribution in [0.2, 0.25) is 0 Å². The van der Waals surface area contributed by atoms with Crippen LogP contribution in [0, 0.1) is 0 Å². The number of carbonyl (C=O) groups excluding carboxylic acids is 2. The summed E-state index contributed by atoms with van der Waals surface area (Å²) in [5.41, 5.74) is 0.922. The van der Waals surface area contributed by atoms with Crippen LogP contribution in [0.5, 0.6) is 0 Å². The molecule has 0 fully saturated rings. The molecule has 0 aliphatic rings. The van der Waals surface area contributed by atoms with Crippen LogP contribution in [0.4, 0.5) is 0 Å². The SMILES string of the molecule is C=CCOC(=O)CC[C@H](NC)C(=O)OCc1ccccc1.Cl. The van der Waals surface area contributed by atoms with Gasteiger partial charge in [-0.05, 0) is 19.0 Å². The van der Waals surface area contributed by atoms with Gasteiger partial charge < -0.3 is 14.8 Å². The van der Waals surface area contributed by atoms with Gasteiger partial charge in [0.25, 0.3) is 0 Å². The molecular weight excluding hydrogens is 306 g/mol. The average Bonchev–Trinajstić information content (AvgIpc) is 2.52. The molecule has 0 amide bonds. The zero-order valence-electron chi connectivity index (χ0n) is 12.6. The van der Waals surface area contributed by atoms with Crippen molar-refractivity contribution in [2.45, 2.75) is 25.5 Å². The molecule has 0 radical (unpaired) electrons. The summed E-state index contributed by atoms with van der Waals surface area (Å²) in [5.74, 6) is -0.733. The van der Waals surface area contributed by atoms with Crippen LogP contribution < -0.4 is 5.32 Å². The Kier molecular flexibility index (Phi) is 10.8. The minimum Gasteiger partial charge on any atom is -0.461 e. The van der Waals surface area contributed by atoms with Crippen LogP contribution >= 0.6 is 12.4 Å². The number of hydrogen-bond donors (Lipinski definition) is 1. The highest BCUT2D eigenvalue weighted by molar-refractivity contribution is 5.85. The molecule has 0 aliphatic carbocycles. The quantitative estimate of drug-likeness (QED) is 0.556. The van der Waals surface area contributed by atoms with Crippen molar-refractivity contribution in [1.82, 2.24) is 5.32 Å². The smallest absolute Gasteiger partial charge is 0.323 e. The maximum absolute atomic E-state index is 11.9. The molecule has 0 unspecified atom stereocenters. The first kappa shape index (κ1) is 20.1. The zero-order chi connectivity index (χ0) is 15.5. The molecule has 22 heavy (non-hydrogen) atoms. The Labute approximate surface area is 137 Å². The number of benzene rings is 1. The third kappa shape index (κ3) is 7.81.